The highest BCUT2D eigenvalue weighted by molar-refractivity contribution is 7.92. The number of hydrogen-bond donors (Lipinski definition) is 1. The molecule has 0 aliphatic carbocycles. The number of anilines is 1. The number of nitrogens with zero attached hydrogens (tertiary/aromatic N) is 3. The number of carbonyl (C=O) groups excluding carboxylic acids is 2. The van der Waals surface area contributed by atoms with Gasteiger partial charge >= 0.3 is 0 Å². The Morgan fingerprint density at radius 2 is 1.66 bits per heavy atom. The molecule has 0 saturated heterocycles. The predicted octanol–water partition coefficient (Wildman–Crippen LogP) is 4.22. The summed E-state index contributed by atoms with van der Waals surface area (Å²) in [7, 11) is -4.04. The molecule has 0 bridgehead atoms. The number of sulfonamides is 1. The first-order valence-corrected chi connectivity index (χ1v) is 15.2. The van der Waals surface area contributed by atoms with Gasteiger partial charge in [0.1, 0.15) is 12.6 Å². The van der Waals surface area contributed by atoms with Crippen molar-refractivity contribution in [3.63, 3.8) is 0 Å². The molecular weight excluding hydrogens is 544 g/mol. The number of amides is 2. The highest BCUT2D eigenvalue weighted by Crippen LogP contribution is 2.24. The largest absolute Gasteiger partial charge is 0.352 e. The Hall–Kier alpha value is -4.25. The Morgan fingerprint density at radius 3 is 2.27 bits per heavy atom. The van der Waals surface area contributed by atoms with Gasteiger partial charge in [0.15, 0.2) is 0 Å². The molecule has 2 atom stereocenters. The fourth-order valence-electron chi connectivity index (χ4n) is 4.34. The third-order valence-electron chi connectivity index (χ3n) is 6.88. The lowest BCUT2D eigenvalue weighted by molar-refractivity contribution is -0.384. The van der Waals surface area contributed by atoms with Gasteiger partial charge in [-0.3, -0.25) is 24.0 Å². The maximum Gasteiger partial charge on any atom is 0.271 e. The number of nitrogens with one attached hydrogen (secondary N) is 1. The second-order valence-electron chi connectivity index (χ2n) is 10.0. The number of nitro groups is 1. The topological polar surface area (TPSA) is 130 Å². The van der Waals surface area contributed by atoms with Gasteiger partial charge in [-0.25, -0.2) is 8.42 Å². The van der Waals surface area contributed by atoms with E-state index in [-0.39, 0.29) is 36.3 Å². The van der Waals surface area contributed by atoms with E-state index in [1.165, 1.54) is 23.1 Å². The van der Waals surface area contributed by atoms with Crippen molar-refractivity contribution in [1.82, 2.24) is 10.2 Å². The Balaban J connectivity index is 2.09. The summed E-state index contributed by atoms with van der Waals surface area (Å²) in [4.78, 5) is 39.9. The standard InChI is InChI=1S/C30H36N4O6S/c1-5-23(3)31-30(36)28(18-24-13-7-6-8-14-24)32(20-25-15-10-9-12-22(25)2)29(35)21-33(41(4,39)40)26-16-11-17-27(19-26)34(37)38/h6-17,19,23,28H,5,18,20-21H2,1-4H3,(H,31,36)/t23-,28+/m0/s1. The Bertz CT molecular complexity index is 1480. The summed E-state index contributed by atoms with van der Waals surface area (Å²) >= 11 is 0. The third kappa shape index (κ3) is 8.62. The van der Waals surface area contributed by atoms with E-state index in [2.05, 4.69) is 5.32 Å². The Morgan fingerprint density at radius 1 is 1.00 bits per heavy atom. The number of non-ortho nitro benzene ring substituents is 1. The van der Waals surface area contributed by atoms with Crippen molar-refractivity contribution in [3.8, 4) is 0 Å². The van der Waals surface area contributed by atoms with Crippen LogP contribution < -0.4 is 9.62 Å². The monoisotopic (exact) mass is 580 g/mol. The highest BCUT2D eigenvalue weighted by atomic mass is 32.2. The fraction of sp³-hybridized carbons (Fsp3) is 0.333. The first kappa shape index (κ1) is 31.3. The van der Waals surface area contributed by atoms with Crippen molar-refractivity contribution in [2.75, 3.05) is 17.1 Å². The lowest BCUT2D eigenvalue weighted by atomic mass is 10.0. The first-order valence-electron chi connectivity index (χ1n) is 13.3. The minimum Gasteiger partial charge on any atom is -0.352 e. The van der Waals surface area contributed by atoms with Crippen molar-refractivity contribution in [1.29, 1.82) is 0 Å². The van der Waals surface area contributed by atoms with Crippen LogP contribution in [0, 0.1) is 17.0 Å². The van der Waals surface area contributed by atoms with Crippen molar-refractivity contribution >= 4 is 33.2 Å². The van der Waals surface area contributed by atoms with E-state index in [4.69, 9.17) is 0 Å². The average Bonchev–Trinajstić information content (AvgIpc) is 2.94. The van der Waals surface area contributed by atoms with Gasteiger partial charge in [-0.1, -0.05) is 67.6 Å². The minimum atomic E-state index is -4.04. The van der Waals surface area contributed by atoms with Gasteiger partial charge < -0.3 is 10.2 Å². The van der Waals surface area contributed by atoms with Gasteiger partial charge in [0.2, 0.25) is 21.8 Å². The van der Waals surface area contributed by atoms with Gasteiger partial charge in [0.05, 0.1) is 16.9 Å². The lowest BCUT2D eigenvalue weighted by Gasteiger charge is -2.34. The van der Waals surface area contributed by atoms with E-state index < -0.39 is 33.4 Å². The number of nitro benzene ring substituents is 1. The molecule has 10 nitrogen and oxygen atoms in total. The molecule has 0 aliphatic heterocycles. The van der Waals surface area contributed by atoms with Gasteiger partial charge in [0.25, 0.3) is 5.69 Å². The van der Waals surface area contributed by atoms with Crippen molar-refractivity contribution < 1.29 is 22.9 Å². The maximum absolute atomic E-state index is 14.1. The molecular formula is C30H36N4O6S. The van der Waals surface area contributed by atoms with Crippen LogP contribution in [0.1, 0.15) is 37.0 Å². The smallest absolute Gasteiger partial charge is 0.271 e. The number of aryl methyl sites for hydroxylation is 1. The SMILES string of the molecule is CC[C@H](C)NC(=O)[C@@H](Cc1ccccc1)N(Cc1ccccc1C)C(=O)CN(c1cccc([N+](=O)[O-])c1)S(C)(=O)=O. The summed E-state index contributed by atoms with van der Waals surface area (Å²) in [5.41, 5.74) is 2.21. The van der Waals surface area contributed by atoms with Gasteiger partial charge in [0, 0.05) is 31.1 Å². The molecule has 0 fully saturated rings. The van der Waals surface area contributed by atoms with Crippen molar-refractivity contribution in [2.24, 2.45) is 0 Å². The Kier molecular flexibility index (Phi) is 10.6. The van der Waals surface area contributed by atoms with Gasteiger partial charge in [-0.2, -0.15) is 0 Å². The third-order valence-corrected chi connectivity index (χ3v) is 8.02. The number of rotatable bonds is 13. The zero-order valence-electron chi connectivity index (χ0n) is 23.7. The van der Waals surface area contributed by atoms with Crippen LogP contribution in [0.15, 0.2) is 78.9 Å². The summed E-state index contributed by atoms with van der Waals surface area (Å²) in [6, 6.07) is 20.8. The quantitative estimate of drug-likeness (QED) is 0.238. The Labute approximate surface area is 241 Å². The minimum absolute atomic E-state index is 0.0189. The molecule has 0 radical (unpaired) electrons. The summed E-state index contributed by atoms with van der Waals surface area (Å²) in [5.74, 6) is -0.975. The molecule has 11 heteroatoms. The van der Waals surface area contributed by atoms with Crippen LogP contribution in [0.2, 0.25) is 0 Å². The summed E-state index contributed by atoms with van der Waals surface area (Å²) in [5, 5.41) is 14.3. The molecule has 0 unspecified atom stereocenters. The molecule has 0 heterocycles. The van der Waals surface area contributed by atoms with Gasteiger partial charge in [-0.05, 0) is 43.0 Å². The second kappa shape index (κ2) is 13.9. The maximum atomic E-state index is 14.1. The lowest BCUT2D eigenvalue weighted by Crippen LogP contribution is -2.54. The van der Waals surface area contributed by atoms with Crippen LogP contribution >= 0.6 is 0 Å². The number of hydrogen-bond acceptors (Lipinski definition) is 6. The zero-order valence-corrected chi connectivity index (χ0v) is 24.5. The number of benzene rings is 3. The molecule has 0 aliphatic rings. The number of carbonyl (C=O) groups is 2. The molecule has 0 saturated carbocycles. The highest BCUT2D eigenvalue weighted by Gasteiger charge is 2.34. The molecule has 1 N–H and O–H groups in total. The van der Waals surface area contributed by atoms with E-state index >= 15 is 0 Å². The molecule has 218 valence electrons. The second-order valence-corrected chi connectivity index (χ2v) is 11.9. The summed E-state index contributed by atoms with van der Waals surface area (Å²) < 4.78 is 26.6. The van der Waals surface area contributed by atoms with E-state index in [0.29, 0.717) is 6.42 Å². The molecule has 0 spiro atoms. The first-order chi connectivity index (χ1) is 19.4. The van der Waals surface area contributed by atoms with Crippen molar-refractivity contribution in [3.05, 3.63) is 106 Å². The van der Waals surface area contributed by atoms with E-state index in [0.717, 1.165) is 33.3 Å². The predicted molar refractivity (Wildman–Crippen MR) is 159 cm³/mol. The normalized spacial score (nSPS) is 12.7. The molecule has 2 amide bonds. The van der Waals surface area contributed by atoms with Crippen LogP contribution in [-0.2, 0) is 32.6 Å². The van der Waals surface area contributed by atoms with E-state index in [1.807, 2.05) is 75.4 Å². The summed E-state index contributed by atoms with van der Waals surface area (Å²) in [6.45, 7) is 5.13. The molecule has 3 aromatic rings. The van der Waals surface area contributed by atoms with Crippen LogP contribution in [0.25, 0.3) is 0 Å². The fourth-order valence-corrected chi connectivity index (χ4v) is 5.18. The van der Waals surface area contributed by atoms with Crippen LogP contribution in [0.5, 0.6) is 0 Å². The van der Waals surface area contributed by atoms with Crippen LogP contribution in [0.4, 0.5) is 11.4 Å². The van der Waals surface area contributed by atoms with E-state index in [1.54, 1.807) is 0 Å². The average molecular weight is 581 g/mol. The van der Waals surface area contributed by atoms with E-state index in [9.17, 15) is 28.1 Å². The van der Waals surface area contributed by atoms with Crippen LogP contribution in [0.3, 0.4) is 0 Å². The molecule has 3 rings (SSSR count). The van der Waals surface area contributed by atoms with Crippen LogP contribution in [-0.4, -0.2) is 54.9 Å². The molecule has 3 aromatic carbocycles. The summed E-state index contributed by atoms with van der Waals surface area (Å²) in [6.07, 6.45) is 1.82. The molecule has 41 heavy (non-hydrogen) atoms. The molecule has 0 aromatic heterocycles. The zero-order chi connectivity index (χ0) is 30.2. The van der Waals surface area contributed by atoms with Gasteiger partial charge in [-0.15, -0.1) is 0 Å². The van der Waals surface area contributed by atoms with Crippen molar-refractivity contribution in [2.45, 2.75) is 52.2 Å².